The second kappa shape index (κ2) is 10.1. The maximum Gasteiger partial charge on any atom is 0.261 e. The molecule has 0 spiro atoms. The Morgan fingerprint density at radius 2 is 1.81 bits per heavy atom. The van der Waals surface area contributed by atoms with Gasteiger partial charge in [0.1, 0.15) is 6.04 Å². The number of nitrogens with zero attached hydrogens (tertiary/aromatic N) is 3. The fourth-order valence-electron chi connectivity index (χ4n) is 5.64. The van der Waals surface area contributed by atoms with Crippen LogP contribution in [0.2, 0.25) is 5.02 Å². The minimum atomic E-state index is -3.85. The monoisotopic (exact) mass is 571 g/mol. The zero-order valence-electron chi connectivity index (χ0n) is 20.0. The number of thiophene rings is 2. The Morgan fingerprint density at radius 3 is 2.54 bits per heavy atom. The van der Waals surface area contributed by atoms with Gasteiger partial charge in [-0.3, -0.25) is 4.79 Å². The first-order valence-corrected chi connectivity index (χ1v) is 16.0. The molecule has 1 aliphatic carbocycles. The molecule has 3 aliphatic rings. The molecule has 1 saturated carbocycles. The summed E-state index contributed by atoms with van der Waals surface area (Å²) >= 11 is 9.29. The van der Waals surface area contributed by atoms with E-state index in [4.69, 9.17) is 16.7 Å². The van der Waals surface area contributed by atoms with Crippen molar-refractivity contribution in [3.05, 3.63) is 79.6 Å². The lowest BCUT2D eigenvalue weighted by Gasteiger charge is -2.31. The van der Waals surface area contributed by atoms with Gasteiger partial charge < -0.3 is 0 Å². The summed E-state index contributed by atoms with van der Waals surface area (Å²) in [6.07, 6.45) is 6.21. The molecule has 4 heterocycles. The van der Waals surface area contributed by atoms with E-state index in [9.17, 15) is 13.2 Å². The first-order chi connectivity index (χ1) is 17.9. The Balaban J connectivity index is 1.36. The van der Waals surface area contributed by atoms with Crippen molar-refractivity contribution in [2.75, 3.05) is 6.54 Å². The molecule has 2 fully saturated rings. The van der Waals surface area contributed by atoms with Crippen LogP contribution in [0.25, 0.3) is 6.08 Å². The molecule has 1 aromatic carbocycles. The average Bonchev–Trinajstić information content (AvgIpc) is 3.70. The number of hydrazone groups is 1. The van der Waals surface area contributed by atoms with E-state index < -0.39 is 16.1 Å². The molecule has 3 aromatic rings. The van der Waals surface area contributed by atoms with Gasteiger partial charge in [0.2, 0.25) is 10.0 Å². The number of carbonyl (C=O) groups excluding carboxylic acids is 1. The van der Waals surface area contributed by atoms with Gasteiger partial charge in [-0.25, -0.2) is 13.4 Å². The maximum atomic E-state index is 14.1. The SMILES string of the molecule is O=C([C@@H]1CCCN1S(=O)(=O)c1ccc(Cl)cc1)N1N=C2/C(=C\c3cccs3)CCC[C@@H]2[C@H]1c1cccs1. The minimum Gasteiger partial charge on any atom is -0.271 e. The number of halogens is 1. The number of benzene rings is 1. The molecule has 10 heteroatoms. The fourth-order valence-corrected chi connectivity index (χ4v) is 8.97. The number of carbonyl (C=O) groups is 1. The largest absolute Gasteiger partial charge is 0.271 e. The number of amides is 1. The molecule has 1 amide bonds. The van der Waals surface area contributed by atoms with Crippen molar-refractivity contribution < 1.29 is 13.2 Å². The highest BCUT2D eigenvalue weighted by Gasteiger charge is 2.49. The molecule has 0 radical (unpaired) electrons. The molecular weight excluding hydrogens is 546 g/mol. The third kappa shape index (κ3) is 4.61. The predicted octanol–water partition coefficient (Wildman–Crippen LogP) is 6.44. The lowest BCUT2D eigenvalue weighted by Crippen LogP contribution is -2.46. The molecule has 6 rings (SSSR count). The van der Waals surface area contributed by atoms with E-state index in [1.54, 1.807) is 39.8 Å². The standard InChI is InChI=1S/C27H26ClN3O3S3/c28-19-10-12-21(13-11-19)37(33,34)30-14-2-8-23(30)27(32)31-26(24-9-4-16-36-24)22-7-1-5-18(25(22)29-31)17-20-6-3-15-35-20/h3-4,6,9-13,15-17,22-23,26H,1-2,5,7-8,14H2/b18-17-/t22-,23-,26-/m0/s1. The Kier molecular flexibility index (Phi) is 6.83. The zero-order chi connectivity index (χ0) is 25.6. The average molecular weight is 572 g/mol. The summed E-state index contributed by atoms with van der Waals surface area (Å²) in [5, 5.41) is 11.1. The highest BCUT2D eigenvalue weighted by atomic mass is 35.5. The van der Waals surface area contributed by atoms with Crippen LogP contribution in [0.1, 0.15) is 47.9 Å². The molecule has 6 nitrogen and oxygen atoms in total. The van der Waals surface area contributed by atoms with Crippen LogP contribution in [0.3, 0.4) is 0 Å². The van der Waals surface area contributed by atoms with Gasteiger partial charge in [0, 0.05) is 27.2 Å². The van der Waals surface area contributed by atoms with E-state index in [1.807, 2.05) is 17.5 Å². The molecule has 0 bridgehead atoms. The number of hydrogen-bond donors (Lipinski definition) is 0. The Labute approximate surface area is 229 Å². The van der Waals surface area contributed by atoms with Gasteiger partial charge in [0.15, 0.2) is 0 Å². The fraction of sp³-hybridized carbons (Fsp3) is 0.333. The minimum absolute atomic E-state index is 0.102. The second-order valence-electron chi connectivity index (χ2n) is 9.54. The van der Waals surface area contributed by atoms with Crippen LogP contribution in [0.5, 0.6) is 0 Å². The van der Waals surface area contributed by atoms with E-state index in [1.165, 1.54) is 26.9 Å². The first kappa shape index (κ1) is 25.0. The number of rotatable bonds is 5. The summed E-state index contributed by atoms with van der Waals surface area (Å²) in [4.78, 5) is 16.5. The molecule has 0 N–H and O–H groups in total. The number of fused-ring (bicyclic) bond motifs is 1. The molecule has 0 unspecified atom stereocenters. The van der Waals surface area contributed by atoms with Gasteiger partial charge in [-0.2, -0.15) is 9.41 Å². The Hall–Kier alpha value is -2.30. The van der Waals surface area contributed by atoms with Crippen LogP contribution in [0, 0.1) is 5.92 Å². The van der Waals surface area contributed by atoms with Crippen LogP contribution >= 0.6 is 34.3 Å². The summed E-state index contributed by atoms with van der Waals surface area (Å²) in [6.45, 7) is 0.308. The second-order valence-corrected chi connectivity index (χ2v) is 13.8. The lowest BCUT2D eigenvalue weighted by atomic mass is 9.79. The number of allylic oxidation sites excluding steroid dienone is 1. The van der Waals surface area contributed by atoms with Gasteiger partial charge in [-0.15, -0.1) is 22.7 Å². The number of hydrogen-bond acceptors (Lipinski definition) is 6. The highest BCUT2D eigenvalue weighted by molar-refractivity contribution is 7.89. The summed E-state index contributed by atoms with van der Waals surface area (Å²) in [6, 6.07) is 13.3. The van der Waals surface area contributed by atoms with Crippen molar-refractivity contribution in [2.24, 2.45) is 11.0 Å². The molecular formula is C27H26ClN3O3S3. The van der Waals surface area contributed by atoms with Crippen molar-refractivity contribution in [3.63, 3.8) is 0 Å². The van der Waals surface area contributed by atoms with Crippen LogP contribution in [-0.2, 0) is 14.8 Å². The normalized spacial score (nSPS) is 25.4. The molecule has 37 heavy (non-hydrogen) atoms. The van der Waals surface area contributed by atoms with Gasteiger partial charge in [0.05, 0.1) is 16.6 Å². The van der Waals surface area contributed by atoms with Gasteiger partial charge in [0.25, 0.3) is 5.91 Å². The molecule has 1 saturated heterocycles. The molecule has 2 aliphatic heterocycles. The first-order valence-electron chi connectivity index (χ1n) is 12.4. The van der Waals surface area contributed by atoms with Crippen LogP contribution in [-0.4, -0.2) is 41.9 Å². The van der Waals surface area contributed by atoms with Gasteiger partial charge in [-0.1, -0.05) is 23.7 Å². The predicted molar refractivity (Wildman–Crippen MR) is 149 cm³/mol. The van der Waals surface area contributed by atoms with Crippen LogP contribution < -0.4 is 0 Å². The van der Waals surface area contributed by atoms with Gasteiger partial charge in [-0.05, 0) is 90.9 Å². The summed E-state index contributed by atoms with van der Waals surface area (Å²) in [5.41, 5.74) is 2.14. The van der Waals surface area contributed by atoms with Gasteiger partial charge >= 0.3 is 0 Å². The third-order valence-electron chi connectivity index (χ3n) is 7.33. The molecule has 2 aromatic heterocycles. The van der Waals surface area contributed by atoms with E-state index in [0.717, 1.165) is 29.9 Å². The topological polar surface area (TPSA) is 70.1 Å². The van der Waals surface area contributed by atoms with E-state index in [0.29, 0.717) is 24.4 Å². The summed E-state index contributed by atoms with van der Waals surface area (Å²) < 4.78 is 28.4. The van der Waals surface area contributed by atoms with E-state index in [-0.39, 0.29) is 22.8 Å². The lowest BCUT2D eigenvalue weighted by molar-refractivity contribution is -0.137. The van der Waals surface area contributed by atoms with E-state index in [2.05, 4.69) is 23.6 Å². The highest BCUT2D eigenvalue weighted by Crippen LogP contribution is 2.46. The van der Waals surface area contributed by atoms with Crippen molar-refractivity contribution in [2.45, 2.75) is 49.1 Å². The molecule has 192 valence electrons. The van der Waals surface area contributed by atoms with Crippen molar-refractivity contribution in [1.82, 2.24) is 9.31 Å². The summed E-state index contributed by atoms with van der Waals surface area (Å²) in [7, 11) is -3.85. The van der Waals surface area contributed by atoms with Crippen molar-refractivity contribution in [1.29, 1.82) is 0 Å². The third-order valence-corrected chi connectivity index (χ3v) is 11.3. The molecule has 3 atom stereocenters. The number of sulfonamides is 1. The van der Waals surface area contributed by atoms with Crippen LogP contribution in [0.4, 0.5) is 0 Å². The Morgan fingerprint density at radius 1 is 1.03 bits per heavy atom. The van der Waals surface area contributed by atoms with Crippen LogP contribution in [0.15, 0.2) is 74.9 Å². The van der Waals surface area contributed by atoms with E-state index >= 15 is 0 Å². The summed E-state index contributed by atoms with van der Waals surface area (Å²) in [5.74, 6) is -0.143. The van der Waals surface area contributed by atoms with Crippen molar-refractivity contribution in [3.8, 4) is 0 Å². The smallest absolute Gasteiger partial charge is 0.261 e. The maximum absolute atomic E-state index is 14.1. The zero-order valence-corrected chi connectivity index (χ0v) is 23.2. The Bertz CT molecular complexity index is 1450. The van der Waals surface area contributed by atoms with Crippen molar-refractivity contribution >= 4 is 62.0 Å². The quantitative estimate of drug-likeness (QED) is 0.354.